The first kappa shape index (κ1) is 13.2. The molecule has 0 radical (unpaired) electrons. The highest BCUT2D eigenvalue weighted by Gasteiger charge is 2.23. The Morgan fingerprint density at radius 3 is 2.81 bits per heavy atom. The number of ether oxygens (including phenoxy) is 2. The van der Waals surface area contributed by atoms with Crippen LogP contribution in [0.3, 0.4) is 0 Å². The molecule has 0 amide bonds. The fourth-order valence-corrected chi connectivity index (χ4v) is 1.47. The highest BCUT2D eigenvalue weighted by atomic mass is 16.7. The van der Waals surface area contributed by atoms with Gasteiger partial charge in [-0.05, 0) is 39.0 Å². The quantitative estimate of drug-likeness (QED) is 0.545. The summed E-state index contributed by atoms with van der Waals surface area (Å²) in [6, 6.07) is 0. The standard InChI is InChI=1S/C13H20O3/c1-4-11(14)8-9-13(2,3)16-12-7-5-6-10-15-12/h12H,4-7,10H2,1-3H3. The molecule has 0 spiro atoms. The van der Waals surface area contributed by atoms with Crippen molar-refractivity contribution < 1.29 is 14.3 Å². The van der Waals surface area contributed by atoms with Crippen molar-refractivity contribution in [3.63, 3.8) is 0 Å². The zero-order chi connectivity index (χ0) is 12.0. The Morgan fingerprint density at radius 1 is 1.50 bits per heavy atom. The number of rotatable bonds is 3. The molecule has 1 heterocycles. The van der Waals surface area contributed by atoms with Gasteiger partial charge in [-0.3, -0.25) is 4.79 Å². The predicted molar refractivity (Wildman–Crippen MR) is 61.8 cm³/mol. The fourth-order valence-electron chi connectivity index (χ4n) is 1.47. The van der Waals surface area contributed by atoms with Crippen LogP contribution in [0.1, 0.15) is 46.5 Å². The summed E-state index contributed by atoms with van der Waals surface area (Å²) in [7, 11) is 0. The van der Waals surface area contributed by atoms with Crippen LogP contribution in [0, 0.1) is 11.8 Å². The molecular weight excluding hydrogens is 204 g/mol. The average molecular weight is 224 g/mol. The monoisotopic (exact) mass is 224 g/mol. The number of ketones is 1. The van der Waals surface area contributed by atoms with Crippen molar-refractivity contribution in [3.8, 4) is 11.8 Å². The van der Waals surface area contributed by atoms with Crippen molar-refractivity contribution in [3.05, 3.63) is 0 Å². The molecule has 1 saturated heterocycles. The summed E-state index contributed by atoms with van der Waals surface area (Å²) in [6.45, 7) is 6.28. The summed E-state index contributed by atoms with van der Waals surface area (Å²) in [5.74, 6) is 5.39. The molecule has 0 aromatic heterocycles. The molecule has 1 rings (SSSR count). The van der Waals surface area contributed by atoms with Crippen molar-refractivity contribution in [1.82, 2.24) is 0 Å². The van der Waals surface area contributed by atoms with E-state index in [0.29, 0.717) is 6.42 Å². The Bertz CT molecular complexity index is 290. The van der Waals surface area contributed by atoms with E-state index in [2.05, 4.69) is 11.8 Å². The van der Waals surface area contributed by atoms with E-state index in [1.54, 1.807) is 6.92 Å². The van der Waals surface area contributed by atoms with Gasteiger partial charge in [0, 0.05) is 13.0 Å². The Balaban J connectivity index is 2.48. The molecule has 0 bridgehead atoms. The number of carbonyl (C=O) groups is 1. The summed E-state index contributed by atoms with van der Waals surface area (Å²) in [5, 5.41) is 0. The number of hydrogen-bond donors (Lipinski definition) is 0. The highest BCUT2D eigenvalue weighted by Crippen LogP contribution is 2.19. The lowest BCUT2D eigenvalue weighted by Crippen LogP contribution is -2.33. The van der Waals surface area contributed by atoms with Crippen molar-refractivity contribution in [2.45, 2.75) is 58.3 Å². The molecule has 3 nitrogen and oxygen atoms in total. The Kier molecular flexibility index (Phi) is 4.98. The van der Waals surface area contributed by atoms with Crippen LogP contribution in [0.4, 0.5) is 0 Å². The Morgan fingerprint density at radius 2 is 2.25 bits per heavy atom. The molecule has 0 aromatic carbocycles. The fraction of sp³-hybridized carbons (Fsp3) is 0.769. The van der Waals surface area contributed by atoms with E-state index in [4.69, 9.17) is 9.47 Å². The van der Waals surface area contributed by atoms with E-state index in [0.717, 1.165) is 25.9 Å². The molecule has 1 unspecified atom stereocenters. The molecule has 1 fully saturated rings. The molecule has 1 aliphatic heterocycles. The number of hydrogen-bond acceptors (Lipinski definition) is 3. The third-order valence-corrected chi connectivity index (χ3v) is 2.39. The van der Waals surface area contributed by atoms with Gasteiger partial charge in [0.15, 0.2) is 6.29 Å². The van der Waals surface area contributed by atoms with Crippen LogP contribution in [0.2, 0.25) is 0 Å². The second kappa shape index (κ2) is 6.03. The van der Waals surface area contributed by atoms with Gasteiger partial charge >= 0.3 is 0 Å². The van der Waals surface area contributed by atoms with Crippen LogP contribution >= 0.6 is 0 Å². The van der Waals surface area contributed by atoms with E-state index in [-0.39, 0.29) is 12.1 Å². The minimum atomic E-state index is -0.618. The normalized spacial score (nSPS) is 21.1. The zero-order valence-electron chi connectivity index (χ0n) is 10.3. The van der Waals surface area contributed by atoms with Crippen molar-refractivity contribution >= 4 is 5.78 Å². The third kappa shape index (κ3) is 4.78. The largest absolute Gasteiger partial charge is 0.353 e. The summed E-state index contributed by atoms with van der Waals surface area (Å²) in [6.07, 6.45) is 3.41. The minimum absolute atomic E-state index is 0.0544. The second-order valence-electron chi connectivity index (χ2n) is 4.45. The zero-order valence-corrected chi connectivity index (χ0v) is 10.3. The van der Waals surface area contributed by atoms with Gasteiger partial charge < -0.3 is 9.47 Å². The van der Waals surface area contributed by atoms with Gasteiger partial charge in [-0.15, -0.1) is 0 Å². The van der Waals surface area contributed by atoms with E-state index >= 15 is 0 Å². The van der Waals surface area contributed by atoms with E-state index in [9.17, 15) is 4.79 Å². The van der Waals surface area contributed by atoms with Crippen molar-refractivity contribution in [2.75, 3.05) is 6.61 Å². The molecule has 0 aromatic rings. The smallest absolute Gasteiger partial charge is 0.205 e. The molecule has 0 N–H and O–H groups in total. The molecule has 90 valence electrons. The Hall–Kier alpha value is -0.850. The molecule has 1 aliphatic rings. The van der Waals surface area contributed by atoms with E-state index in [1.165, 1.54) is 0 Å². The van der Waals surface area contributed by atoms with Crippen molar-refractivity contribution in [1.29, 1.82) is 0 Å². The summed E-state index contributed by atoms with van der Waals surface area (Å²) < 4.78 is 11.2. The summed E-state index contributed by atoms with van der Waals surface area (Å²) in [5.41, 5.74) is -0.618. The topological polar surface area (TPSA) is 35.5 Å². The van der Waals surface area contributed by atoms with Crippen LogP contribution in [0.15, 0.2) is 0 Å². The van der Waals surface area contributed by atoms with Gasteiger partial charge in [0.2, 0.25) is 5.78 Å². The first-order chi connectivity index (χ1) is 7.53. The number of carbonyl (C=O) groups excluding carboxylic acids is 1. The third-order valence-electron chi connectivity index (χ3n) is 2.39. The van der Waals surface area contributed by atoms with Crippen LogP contribution in [-0.2, 0) is 14.3 Å². The van der Waals surface area contributed by atoms with Crippen LogP contribution in [-0.4, -0.2) is 24.3 Å². The number of Topliss-reactive ketones (excluding diaryl/α,β-unsaturated/α-hetero) is 1. The molecule has 1 atom stereocenters. The highest BCUT2D eigenvalue weighted by molar-refractivity contribution is 5.95. The van der Waals surface area contributed by atoms with Gasteiger partial charge in [0.1, 0.15) is 5.60 Å². The summed E-state index contributed by atoms with van der Waals surface area (Å²) in [4.78, 5) is 11.1. The van der Waals surface area contributed by atoms with Gasteiger partial charge in [0.25, 0.3) is 0 Å². The maximum absolute atomic E-state index is 11.1. The summed E-state index contributed by atoms with van der Waals surface area (Å²) >= 11 is 0. The lowest BCUT2D eigenvalue weighted by atomic mass is 10.1. The van der Waals surface area contributed by atoms with Crippen LogP contribution in [0.25, 0.3) is 0 Å². The van der Waals surface area contributed by atoms with Crippen LogP contribution in [0.5, 0.6) is 0 Å². The SMILES string of the molecule is CCC(=O)C#CC(C)(C)OC1CCCCO1. The first-order valence-corrected chi connectivity index (χ1v) is 5.89. The van der Waals surface area contributed by atoms with Gasteiger partial charge in [-0.2, -0.15) is 0 Å². The van der Waals surface area contributed by atoms with Gasteiger partial charge in [-0.1, -0.05) is 12.8 Å². The molecule has 16 heavy (non-hydrogen) atoms. The van der Waals surface area contributed by atoms with Crippen molar-refractivity contribution in [2.24, 2.45) is 0 Å². The van der Waals surface area contributed by atoms with Crippen LogP contribution < -0.4 is 0 Å². The van der Waals surface area contributed by atoms with Gasteiger partial charge in [-0.25, -0.2) is 0 Å². The maximum Gasteiger partial charge on any atom is 0.205 e. The lowest BCUT2D eigenvalue weighted by Gasteiger charge is -2.29. The van der Waals surface area contributed by atoms with E-state index < -0.39 is 5.60 Å². The molecule has 0 aliphatic carbocycles. The maximum atomic E-state index is 11.1. The minimum Gasteiger partial charge on any atom is -0.353 e. The van der Waals surface area contributed by atoms with E-state index in [1.807, 2.05) is 13.8 Å². The average Bonchev–Trinajstić information content (AvgIpc) is 2.27. The molecular formula is C13H20O3. The molecule has 3 heteroatoms. The lowest BCUT2D eigenvalue weighted by molar-refractivity contribution is -0.199. The second-order valence-corrected chi connectivity index (χ2v) is 4.45. The first-order valence-electron chi connectivity index (χ1n) is 5.89. The predicted octanol–water partition coefficient (Wildman–Crippen LogP) is 2.29. The van der Waals surface area contributed by atoms with Gasteiger partial charge in [0.05, 0.1) is 0 Å². The Labute approximate surface area is 97.5 Å². The molecule has 0 saturated carbocycles.